The number of nitrogens with zero attached hydrogens (tertiary/aromatic N) is 3. The molecule has 1 aliphatic rings. The van der Waals surface area contributed by atoms with Crippen molar-refractivity contribution in [3.8, 4) is 11.6 Å². The largest absolute Gasteiger partial charge is 0.332 e. The number of aromatic nitrogens is 3. The third-order valence-corrected chi connectivity index (χ3v) is 3.69. The van der Waals surface area contributed by atoms with E-state index in [9.17, 15) is 0 Å². The van der Waals surface area contributed by atoms with E-state index in [-0.39, 0.29) is 6.04 Å². The number of pyridine rings is 1. The minimum absolute atomic E-state index is 0.118. The molecule has 2 aromatic heterocycles. The summed E-state index contributed by atoms with van der Waals surface area (Å²) in [6, 6.07) is 11.7. The first-order valence-corrected chi connectivity index (χ1v) is 6.76. The lowest BCUT2D eigenvalue weighted by Crippen LogP contribution is -2.13. The zero-order valence-electron chi connectivity index (χ0n) is 10.9. The van der Waals surface area contributed by atoms with Gasteiger partial charge in [0.1, 0.15) is 5.69 Å². The van der Waals surface area contributed by atoms with Crippen LogP contribution in [0.25, 0.3) is 22.5 Å². The third kappa shape index (κ3) is 1.96. The Hall–Kier alpha value is -2.27. The molecule has 1 aromatic carbocycles. The predicted molar refractivity (Wildman–Crippen MR) is 74.7 cm³/mol. The fraction of sp³-hybridized carbons (Fsp3) is 0.267. The predicted octanol–water partition coefficient (Wildman–Crippen LogP) is 2.69. The van der Waals surface area contributed by atoms with E-state index in [0.717, 1.165) is 23.7 Å². The van der Waals surface area contributed by atoms with Crippen LogP contribution in [0.5, 0.6) is 0 Å². The summed E-state index contributed by atoms with van der Waals surface area (Å²) < 4.78 is 5.30. The van der Waals surface area contributed by atoms with Crippen LogP contribution >= 0.6 is 0 Å². The van der Waals surface area contributed by atoms with E-state index in [4.69, 9.17) is 10.3 Å². The quantitative estimate of drug-likeness (QED) is 0.788. The number of nitrogens with two attached hydrogens (primary N) is 1. The molecule has 0 saturated heterocycles. The lowest BCUT2D eigenvalue weighted by molar-refractivity contribution is 0.410. The molecule has 100 valence electrons. The lowest BCUT2D eigenvalue weighted by Gasteiger charge is -2.01. The Labute approximate surface area is 115 Å². The molecule has 0 amide bonds. The van der Waals surface area contributed by atoms with Gasteiger partial charge >= 0.3 is 0 Å². The maximum Gasteiger partial charge on any atom is 0.276 e. The van der Waals surface area contributed by atoms with Crippen molar-refractivity contribution in [1.29, 1.82) is 0 Å². The zero-order valence-corrected chi connectivity index (χ0v) is 10.9. The minimum atomic E-state index is -0.118. The summed E-state index contributed by atoms with van der Waals surface area (Å²) >= 11 is 0. The van der Waals surface area contributed by atoms with Crippen LogP contribution in [0.2, 0.25) is 0 Å². The molecule has 5 heteroatoms. The fourth-order valence-corrected chi connectivity index (χ4v) is 2.33. The van der Waals surface area contributed by atoms with Crippen LogP contribution < -0.4 is 5.73 Å². The molecule has 5 nitrogen and oxygen atoms in total. The average Bonchev–Trinajstić information content (AvgIpc) is 3.23. The first-order valence-electron chi connectivity index (χ1n) is 6.76. The number of benzene rings is 1. The van der Waals surface area contributed by atoms with E-state index in [1.54, 1.807) is 0 Å². The molecule has 0 spiro atoms. The van der Waals surface area contributed by atoms with Gasteiger partial charge < -0.3 is 10.3 Å². The molecule has 4 rings (SSSR count). The summed E-state index contributed by atoms with van der Waals surface area (Å²) in [5.41, 5.74) is 7.68. The fourth-order valence-electron chi connectivity index (χ4n) is 2.33. The van der Waals surface area contributed by atoms with Crippen molar-refractivity contribution >= 4 is 10.9 Å². The van der Waals surface area contributed by atoms with Gasteiger partial charge in [-0.1, -0.05) is 29.4 Å². The van der Waals surface area contributed by atoms with Crippen molar-refractivity contribution in [3.05, 3.63) is 42.2 Å². The molecule has 1 unspecified atom stereocenters. The van der Waals surface area contributed by atoms with E-state index in [0.29, 0.717) is 23.3 Å². The number of rotatable bonds is 3. The second-order valence-corrected chi connectivity index (χ2v) is 5.21. The lowest BCUT2D eigenvalue weighted by atomic mass is 10.2. The number of fused-ring (bicyclic) bond motifs is 1. The van der Waals surface area contributed by atoms with Crippen molar-refractivity contribution in [3.63, 3.8) is 0 Å². The standard InChI is InChI=1S/C15H14N4O/c16-13(10-5-6-10)14-18-15(20-19-14)12-8-7-9-3-1-2-4-11(9)17-12/h1-4,7-8,10,13H,5-6,16H2. The van der Waals surface area contributed by atoms with Crippen molar-refractivity contribution in [2.45, 2.75) is 18.9 Å². The monoisotopic (exact) mass is 266 g/mol. The SMILES string of the molecule is NC(c1noc(-c2ccc3ccccc3n2)n1)C1CC1. The van der Waals surface area contributed by atoms with Crippen LogP contribution in [0, 0.1) is 5.92 Å². The average molecular weight is 266 g/mol. The Kier molecular flexibility index (Phi) is 2.53. The molecule has 1 atom stereocenters. The molecule has 3 aromatic rings. The highest BCUT2D eigenvalue weighted by molar-refractivity contribution is 5.80. The second-order valence-electron chi connectivity index (χ2n) is 5.21. The van der Waals surface area contributed by atoms with Crippen LogP contribution in [0.15, 0.2) is 40.9 Å². The van der Waals surface area contributed by atoms with Gasteiger partial charge in [-0.05, 0) is 30.9 Å². The van der Waals surface area contributed by atoms with Crippen molar-refractivity contribution < 1.29 is 4.52 Å². The van der Waals surface area contributed by atoms with E-state index < -0.39 is 0 Å². The van der Waals surface area contributed by atoms with Gasteiger partial charge in [0, 0.05) is 5.39 Å². The first-order chi connectivity index (χ1) is 9.81. The van der Waals surface area contributed by atoms with Crippen LogP contribution in [-0.4, -0.2) is 15.1 Å². The van der Waals surface area contributed by atoms with Crippen LogP contribution in [-0.2, 0) is 0 Å². The molecule has 0 aliphatic heterocycles. The summed E-state index contributed by atoms with van der Waals surface area (Å²) in [4.78, 5) is 8.92. The highest BCUT2D eigenvalue weighted by atomic mass is 16.5. The highest BCUT2D eigenvalue weighted by Crippen LogP contribution is 2.38. The molecule has 2 heterocycles. The molecule has 0 radical (unpaired) electrons. The van der Waals surface area contributed by atoms with Crippen LogP contribution in [0.1, 0.15) is 24.7 Å². The van der Waals surface area contributed by atoms with Gasteiger partial charge in [-0.15, -0.1) is 0 Å². The zero-order chi connectivity index (χ0) is 13.5. The number of hydrogen-bond acceptors (Lipinski definition) is 5. The molecule has 20 heavy (non-hydrogen) atoms. The topological polar surface area (TPSA) is 77.8 Å². The van der Waals surface area contributed by atoms with E-state index in [1.807, 2.05) is 36.4 Å². The van der Waals surface area contributed by atoms with Gasteiger partial charge in [0.05, 0.1) is 11.6 Å². The van der Waals surface area contributed by atoms with Gasteiger partial charge in [-0.3, -0.25) is 0 Å². The third-order valence-electron chi connectivity index (χ3n) is 3.69. The highest BCUT2D eigenvalue weighted by Gasteiger charge is 2.32. The van der Waals surface area contributed by atoms with E-state index >= 15 is 0 Å². The minimum Gasteiger partial charge on any atom is -0.332 e. The summed E-state index contributed by atoms with van der Waals surface area (Å²) in [5, 5.41) is 5.07. The number of para-hydroxylation sites is 1. The molecular weight excluding hydrogens is 252 g/mol. The molecule has 1 saturated carbocycles. The van der Waals surface area contributed by atoms with Crippen molar-refractivity contribution in [2.75, 3.05) is 0 Å². The van der Waals surface area contributed by atoms with E-state index in [1.165, 1.54) is 0 Å². The maximum absolute atomic E-state index is 6.08. The second kappa shape index (κ2) is 4.38. The Morgan fingerprint density at radius 2 is 1.95 bits per heavy atom. The van der Waals surface area contributed by atoms with Crippen molar-refractivity contribution in [1.82, 2.24) is 15.1 Å². The van der Waals surface area contributed by atoms with Gasteiger partial charge in [0.2, 0.25) is 0 Å². The van der Waals surface area contributed by atoms with Gasteiger partial charge in [-0.25, -0.2) is 4.98 Å². The van der Waals surface area contributed by atoms with Crippen LogP contribution in [0.3, 0.4) is 0 Å². The molecule has 0 bridgehead atoms. The Morgan fingerprint density at radius 3 is 2.80 bits per heavy atom. The molecule has 1 aliphatic carbocycles. The smallest absolute Gasteiger partial charge is 0.276 e. The molecule has 1 fully saturated rings. The first kappa shape index (κ1) is 11.5. The normalized spacial score (nSPS) is 16.4. The van der Waals surface area contributed by atoms with Gasteiger partial charge in [0.15, 0.2) is 5.82 Å². The Bertz CT molecular complexity index is 763. The summed E-state index contributed by atoms with van der Waals surface area (Å²) in [6.45, 7) is 0. The van der Waals surface area contributed by atoms with Crippen LogP contribution in [0.4, 0.5) is 0 Å². The molecule has 2 N–H and O–H groups in total. The summed E-state index contributed by atoms with van der Waals surface area (Å²) in [5.74, 6) is 1.52. The number of hydrogen-bond donors (Lipinski definition) is 1. The van der Waals surface area contributed by atoms with Gasteiger partial charge in [-0.2, -0.15) is 4.98 Å². The molecular formula is C15H14N4O. The Morgan fingerprint density at radius 1 is 1.10 bits per heavy atom. The summed E-state index contributed by atoms with van der Waals surface area (Å²) in [6.07, 6.45) is 2.30. The van der Waals surface area contributed by atoms with E-state index in [2.05, 4.69) is 15.1 Å². The maximum atomic E-state index is 6.08. The Balaban J connectivity index is 1.71. The summed E-state index contributed by atoms with van der Waals surface area (Å²) in [7, 11) is 0. The van der Waals surface area contributed by atoms with Gasteiger partial charge in [0.25, 0.3) is 5.89 Å². The van der Waals surface area contributed by atoms with Crippen molar-refractivity contribution in [2.24, 2.45) is 11.7 Å².